The summed E-state index contributed by atoms with van der Waals surface area (Å²) in [6, 6.07) is 0.499. The van der Waals surface area contributed by atoms with Crippen molar-refractivity contribution in [2.45, 2.75) is 32.4 Å². The maximum absolute atomic E-state index is 11.4. The number of nitrogens with zero attached hydrogens (tertiary/aromatic N) is 1. The lowest BCUT2D eigenvalue weighted by atomic mass is 10.2. The Hall–Kier alpha value is -1.56. The van der Waals surface area contributed by atoms with Crippen LogP contribution in [0.25, 0.3) is 0 Å². The monoisotopic (exact) mass is 240 g/mol. The Bertz CT molecular complexity index is 391. The van der Waals surface area contributed by atoms with Crippen LogP contribution in [0.2, 0.25) is 0 Å². The molecule has 0 radical (unpaired) electrons. The van der Waals surface area contributed by atoms with E-state index in [1.165, 1.54) is 6.26 Å². The fourth-order valence-corrected chi connectivity index (χ4v) is 1.72. The lowest BCUT2D eigenvalue weighted by Gasteiger charge is -2.13. The minimum atomic E-state index is -0.472. The van der Waals surface area contributed by atoms with Gasteiger partial charge in [-0.15, -0.1) is 0 Å². The molecule has 1 aliphatic rings. The Balaban J connectivity index is 1.96. The van der Waals surface area contributed by atoms with E-state index in [-0.39, 0.29) is 17.8 Å². The molecule has 1 aromatic heterocycles. The number of hydrogen-bond donors (Lipinski definition) is 1. The quantitative estimate of drug-likeness (QED) is 0.803. The Morgan fingerprint density at radius 2 is 2.53 bits per heavy atom. The number of oxazole rings is 1. The number of esters is 1. The Morgan fingerprint density at radius 3 is 3.18 bits per heavy atom. The van der Waals surface area contributed by atoms with Crippen LogP contribution in [-0.4, -0.2) is 36.3 Å². The van der Waals surface area contributed by atoms with E-state index in [1.807, 2.05) is 6.92 Å². The highest BCUT2D eigenvalue weighted by atomic mass is 16.5. The first-order valence-corrected chi connectivity index (χ1v) is 5.71. The largest absolute Gasteiger partial charge is 0.461 e. The molecule has 2 heterocycles. The molecule has 0 amide bonds. The smallest absolute Gasteiger partial charge is 0.360 e. The number of anilines is 1. The van der Waals surface area contributed by atoms with Crippen molar-refractivity contribution in [3.63, 3.8) is 0 Å². The van der Waals surface area contributed by atoms with E-state index >= 15 is 0 Å². The van der Waals surface area contributed by atoms with Gasteiger partial charge in [0.25, 0.3) is 6.01 Å². The van der Waals surface area contributed by atoms with Crippen molar-refractivity contribution in [2.75, 3.05) is 18.5 Å². The molecule has 0 aliphatic carbocycles. The molecule has 6 heteroatoms. The Kier molecular flexibility index (Phi) is 3.63. The molecule has 6 nitrogen and oxygen atoms in total. The number of carbonyl (C=O) groups excluding carboxylic acids is 1. The van der Waals surface area contributed by atoms with Gasteiger partial charge in [0, 0.05) is 6.61 Å². The topological polar surface area (TPSA) is 73.6 Å². The van der Waals surface area contributed by atoms with Crippen molar-refractivity contribution >= 4 is 12.0 Å². The Labute approximate surface area is 99.3 Å². The zero-order valence-corrected chi connectivity index (χ0v) is 9.93. The number of hydrogen-bond acceptors (Lipinski definition) is 6. The van der Waals surface area contributed by atoms with Crippen molar-refractivity contribution in [3.8, 4) is 0 Å². The SMILES string of the molecule is CCOC(=O)c1coc(NC2CCOC2C)n1. The second kappa shape index (κ2) is 5.18. The summed E-state index contributed by atoms with van der Waals surface area (Å²) in [5.74, 6) is -0.472. The zero-order chi connectivity index (χ0) is 12.3. The van der Waals surface area contributed by atoms with Gasteiger partial charge in [0.1, 0.15) is 6.26 Å². The second-order valence-corrected chi connectivity index (χ2v) is 3.87. The van der Waals surface area contributed by atoms with Crippen molar-refractivity contribution in [2.24, 2.45) is 0 Å². The molecule has 17 heavy (non-hydrogen) atoms. The van der Waals surface area contributed by atoms with Crippen LogP contribution in [0.5, 0.6) is 0 Å². The molecule has 2 atom stereocenters. The third-order valence-corrected chi connectivity index (χ3v) is 2.67. The molecule has 94 valence electrons. The Morgan fingerprint density at radius 1 is 1.71 bits per heavy atom. The van der Waals surface area contributed by atoms with Crippen molar-refractivity contribution in [3.05, 3.63) is 12.0 Å². The van der Waals surface area contributed by atoms with Gasteiger partial charge in [-0.3, -0.25) is 0 Å². The molecule has 0 saturated carbocycles. The minimum absolute atomic E-state index is 0.118. The summed E-state index contributed by atoms with van der Waals surface area (Å²) in [5, 5.41) is 3.10. The van der Waals surface area contributed by atoms with Crippen LogP contribution in [0, 0.1) is 0 Å². The first-order chi connectivity index (χ1) is 8.20. The molecule has 1 N–H and O–H groups in total. The molecule has 1 fully saturated rings. The van der Waals surface area contributed by atoms with Gasteiger partial charge in [-0.05, 0) is 20.3 Å². The van der Waals surface area contributed by atoms with Crippen molar-refractivity contribution in [1.29, 1.82) is 0 Å². The molecule has 0 bridgehead atoms. The van der Waals surface area contributed by atoms with E-state index in [9.17, 15) is 4.79 Å². The third kappa shape index (κ3) is 2.76. The summed E-state index contributed by atoms with van der Waals surface area (Å²) < 4.78 is 15.4. The van der Waals surface area contributed by atoms with Crippen LogP contribution < -0.4 is 5.32 Å². The van der Waals surface area contributed by atoms with E-state index in [0.717, 1.165) is 13.0 Å². The molecular formula is C11H16N2O4. The lowest BCUT2D eigenvalue weighted by Crippen LogP contribution is -2.26. The number of rotatable bonds is 4. The van der Waals surface area contributed by atoms with Gasteiger partial charge in [0.2, 0.25) is 0 Å². The molecule has 1 saturated heterocycles. The summed E-state index contributed by atoms with van der Waals surface area (Å²) in [5.41, 5.74) is 0.181. The summed E-state index contributed by atoms with van der Waals surface area (Å²) in [6.45, 7) is 4.78. The number of ether oxygens (including phenoxy) is 2. The van der Waals surface area contributed by atoms with Crippen LogP contribution in [0.4, 0.5) is 6.01 Å². The number of carbonyl (C=O) groups is 1. The first kappa shape index (κ1) is 11.9. The lowest BCUT2D eigenvalue weighted by molar-refractivity contribution is 0.0519. The maximum atomic E-state index is 11.4. The summed E-state index contributed by atoms with van der Waals surface area (Å²) >= 11 is 0. The molecule has 0 spiro atoms. The fourth-order valence-electron chi connectivity index (χ4n) is 1.72. The summed E-state index contributed by atoms with van der Waals surface area (Å²) in [6.07, 6.45) is 2.31. The van der Waals surface area contributed by atoms with Gasteiger partial charge in [0.15, 0.2) is 5.69 Å². The van der Waals surface area contributed by atoms with Gasteiger partial charge >= 0.3 is 5.97 Å². The highest BCUT2D eigenvalue weighted by Gasteiger charge is 2.25. The normalized spacial score (nSPS) is 23.6. The zero-order valence-electron chi connectivity index (χ0n) is 9.93. The van der Waals surface area contributed by atoms with Gasteiger partial charge in [-0.25, -0.2) is 4.79 Å². The van der Waals surface area contributed by atoms with Crippen molar-refractivity contribution < 1.29 is 18.7 Å². The summed E-state index contributed by atoms with van der Waals surface area (Å²) in [4.78, 5) is 15.4. The highest BCUT2D eigenvalue weighted by molar-refractivity contribution is 5.87. The van der Waals surface area contributed by atoms with E-state index in [4.69, 9.17) is 13.9 Å². The predicted octanol–water partition coefficient (Wildman–Crippen LogP) is 1.44. The van der Waals surface area contributed by atoms with E-state index < -0.39 is 5.97 Å². The number of nitrogens with one attached hydrogen (secondary N) is 1. The molecule has 1 aliphatic heterocycles. The van der Waals surface area contributed by atoms with E-state index in [2.05, 4.69) is 10.3 Å². The average molecular weight is 240 g/mol. The molecule has 0 aromatic carbocycles. The van der Waals surface area contributed by atoms with Gasteiger partial charge < -0.3 is 19.2 Å². The van der Waals surface area contributed by atoms with Crippen LogP contribution >= 0.6 is 0 Å². The molecular weight excluding hydrogens is 224 g/mol. The van der Waals surface area contributed by atoms with Crippen LogP contribution in [-0.2, 0) is 9.47 Å². The standard InChI is InChI=1S/C11H16N2O4/c1-3-15-10(14)9-6-17-11(13-9)12-8-4-5-16-7(8)2/h6-8H,3-5H2,1-2H3,(H,12,13). The van der Waals surface area contributed by atoms with Gasteiger partial charge in [0.05, 0.1) is 18.8 Å². The van der Waals surface area contributed by atoms with Crippen LogP contribution in [0.3, 0.4) is 0 Å². The van der Waals surface area contributed by atoms with Gasteiger partial charge in [-0.1, -0.05) is 0 Å². The van der Waals surface area contributed by atoms with Gasteiger partial charge in [-0.2, -0.15) is 4.98 Å². The number of aromatic nitrogens is 1. The highest BCUT2D eigenvalue weighted by Crippen LogP contribution is 2.18. The third-order valence-electron chi connectivity index (χ3n) is 2.67. The maximum Gasteiger partial charge on any atom is 0.360 e. The summed E-state index contributed by atoms with van der Waals surface area (Å²) in [7, 11) is 0. The minimum Gasteiger partial charge on any atom is -0.461 e. The van der Waals surface area contributed by atoms with Crippen LogP contribution in [0.1, 0.15) is 30.8 Å². The fraction of sp³-hybridized carbons (Fsp3) is 0.636. The van der Waals surface area contributed by atoms with Crippen molar-refractivity contribution in [1.82, 2.24) is 4.98 Å². The first-order valence-electron chi connectivity index (χ1n) is 5.71. The average Bonchev–Trinajstić information content (AvgIpc) is 2.90. The van der Waals surface area contributed by atoms with E-state index in [0.29, 0.717) is 12.6 Å². The predicted molar refractivity (Wildman–Crippen MR) is 59.9 cm³/mol. The molecule has 2 rings (SSSR count). The van der Waals surface area contributed by atoms with E-state index in [1.54, 1.807) is 6.92 Å². The second-order valence-electron chi connectivity index (χ2n) is 3.87. The molecule has 1 aromatic rings. The molecule has 2 unspecified atom stereocenters. The van der Waals surface area contributed by atoms with Crippen LogP contribution in [0.15, 0.2) is 10.7 Å².